The Bertz CT molecular complexity index is 157. The number of rotatable bonds is 1. The quantitative estimate of drug-likeness (QED) is 0.477. The molecule has 0 aromatic rings. The van der Waals surface area contributed by atoms with E-state index in [0.717, 1.165) is 12.5 Å². The average Bonchev–Trinajstić information content (AvgIpc) is 2.43. The van der Waals surface area contributed by atoms with Gasteiger partial charge in [0.15, 0.2) is 0 Å². The number of carbonyl (C=O) groups excluding carboxylic acids is 1. The molecule has 0 aromatic carbocycles. The van der Waals surface area contributed by atoms with E-state index in [1.54, 1.807) is 0 Å². The van der Waals surface area contributed by atoms with Gasteiger partial charge in [-0.3, -0.25) is 4.79 Å². The van der Waals surface area contributed by atoms with Crippen LogP contribution >= 0.6 is 0 Å². The maximum Gasteiger partial charge on any atom is 0.234 e. The normalized spacial score (nSPS) is 46.4. The van der Waals surface area contributed by atoms with Gasteiger partial charge < -0.3 is 11.1 Å². The van der Waals surface area contributed by atoms with Crippen LogP contribution in [0.4, 0.5) is 0 Å². The Hall–Kier alpha value is -0.570. The fourth-order valence-corrected chi connectivity index (χ4v) is 1.66. The lowest BCUT2D eigenvalue weighted by Gasteiger charge is -2.06. The Morgan fingerprint density at radius 2 is 2.44 bits per heavy atom. The first-order chi connectivity index (χ1) is 4.29. The lowest BCUT2D eigenvalue weighted by molar-refractivity contribution is -0.120. The molecule has 1 aliphatic carbocycles. The first kappa shape index (κ1) is 5.23. The summed E-state index contributed by atoms with van der Waals surface area (Å²) in [6.07, 6.45) is 1.21. The van der Waals surface area contributed by atoms with Gasteiger partial charge in [0.1, 0.15) is 0 Å². The van der Waals surface area contributed by atoms with Crippen LogP contribution in [0.3, 0.4) is 0 Å². The fraction of sp³-hybridized carbons (Fsp3) is 0.833. The third-order valence-electron chi connectivity index (χ3n) is 2.31. The average molecular weight is 126 g/mol. The Morgan fingerprint density at radius 3 is 2.67 bits per heavy atom. The lowest BCUT2D eigenvalue weighted by atomic mass is 10.2. The molecular weight excluding hydrogens is 116 g/mol. The van der Waals surface area contributed by atoms with E-state index in [1.165, 1.54) is 6.42 Å². The summed E-state index contributed by atoms with van der Waals surface area (Å²) < 4.78 is 0. The smallest absolute Gasteiger partial charge is 0.234 e. The second kappa shape index (κ2) is 1.48. The number of hydrogen-bond acceptors (Lipinski definition) is 2. The van der Waals surface area contributed by atoms with E-state index in [1.807, 2.05) is 0 Å². The summed E-state index contributed by atoms with van der Waals surface area (Å²) in [6, 6.07) is -0.00463. The van der Waals surface area contributed by atoms with Crippen molar-refractivity contribution in [3.05, 3.63) is 0 Å². The maximum atomic E-state index is 10.6. The minimum Gasteiger partial charge on any atom is -0.368 e. The molecule has 3 atom stereocenters. The van der Waals surface area contributed by atoms with Crippen molar-refractivity contribution in [1.82, 2.24) is 5.32 Å². The van der Waals surface area contributed by atoms with E-state index in [2.05, 4.69) is 5.32 Å². The van der Waals surface area contributed by atoms with Crippen LogP contribution in [0.25, 0.3) is 0 Å². The molecule has 2 fully saturated rings. The van der Waals surface area contributed by atoms with Crippen molar-refractivity contribution in [3.8, 4) is 0 Å². The number of piperidine rings is 1. The van der Waals surface area contributed by atoms with Crippen molar-refractivity contribution in [3.63, 3.8) is 0 Å². The minimum absolute atomic E-state index is 0.00463. The highest BCUT2D eigenvalue weighted by molar-refractivity contribution is 5.81. The summed E-state index contributed by atoms with van der Waals surface area (Å²) in [5.74, 6) is 1.17. The molecular formula is C6H10N2O. The van der Waals surface area contributed by atoms with Gasteiger partial charge in [-0.05, 0) is 24.8 Å². The molecule has 50 valence electrons. The number of nitrogens with one attached hydrogen (secondary N) is 1. The number of fused-ring (bicyclic) bond motifs is 1. The molecule has 3 nitrogen and oxygen atoms in total. The Labute approximate surface area is 53.6 Å². The molecule has 9 heavy (non-hydrogen) atoms. The predicted molar refractivity (Wildman–Crippen MR) is 32.6 cm³/mol. The highest BCUT2D eigenvalue weighted by atomic mass is 16.1. The van der Waals surface area contributed by atoms with Crippen LogP contribution in [0.2, 0.25) is 0 Å². The third-order valence-corrected chi connectivity index (χ3v) is 2.31. The van der Waals surface area contributed by atoms with Crippen LogP contribution in [0, 0.1) is 11.8 Å². The van der Waals surface area contributed by atoms with Gasteiger partial charge in [-0.2, -0.15) is 0 Å². The van der Waals surface area contributed by atoms with Crippen molar-refractivity contribution in [2.24, 2.45) is 17.6 Å². The number of amides is 1. The number of nitrogens with two attached hydrogens (primary N) is 1. The van der Waals surface area contributed by atoms with E-state index in [0.29, 0.717) is 5.92 Å². The van der Waals surface area contributed by atoms with Crippen LogP contribution in [-0.2, 0) is 4.79 Å². The van der Waals surface area contributed by atoms with Crippen molar-refractivity contribution in [1.29, 1.82) is 0 Å². The zero-order valence-electron chi connectivity index (χ0n) is 5.13. The molecule has 3 heteroatoms. The zero-order valence-corrected chi connectivity index (χ0v) is 5.13. The second-order valence-electron chi connectivity index (χ2n) is 2.95. The van der Waals surface area contributed by atoms with Gasteiger partial charge in [0.2, 0.25) is 5.91 Å². The molecule has 1 amide bonds. The van der Waals surface area contributed by atoms with Crippen molar-refractivity contribution in [2.75, 3.05) is 6.54 Å². The van der Waals surface area contributed by atoms with E-state index in [4.69, 9.17) is 5.73 Å². The number of hydrogen-bond donors (Lipinski definition) is 2. The summed E-state index contributed by atoms with van der Waals surface area (Å²) in [5, 5.41) is 3.08. The second-order valence-corrected chi connectivity index (χ2v) is 2.95. The highest BCUT2D eigenvalue weighted by Gasteiger charge is 2.50. The van der Waals surface area contributed by atoms with Crippen molar-refractivity contribution < 1.29 is 4.79 Å². The van der Waals surface area contributed by atoms with Gasteiger partial charge in [0.05, 0.1) is 6.04 Å². The molecule has 1 unspecified atom stereocenters. The maximum absolute atomic E-state index is 10.6. The van der Waals surface area contributed by atoms with Gasteiger partial charge in [-0.1, -0.05) is 0 Å². The van der Waals surface area contributed by atoms with Crippen LogP contribution < -0.4 is 11.1 Å². The number of primary amides is 1. The fourth-order valence-electron chi connectivity index (χ4n) is 1.66. The number of carbonyl (C=O) groups is 1. The molecule has 1 heterocycles. The van der Waals surface area contributed by atoms with Crippen molar-refractivity contribution >= 4 is 5.91 Å². The summed E-state index contributed by atoms with van der Waals surface area (Å²) in [6.45, 7) is 0.998. The zero-order chi connectivity index (χ0) is 6.43. The van der Waals surface area contributed by atoms with Gasteiger partial charge in [-0.15, -0.1) is 0 Å². The molecule has 1 aliphatic heterocycles. The lowest BCUT2D eigenvalue weighted by Crippen LogP contribution is -2.39. The molecule has 0 bridgehead atoms. The van der Waals surface area contributed by atoms with E-state index in [-0.39, 0.29) is 11.9 Å². The first-order valence-corrected chi connectivity index (χ1v) is 3.32. The van der Waals surface area contributed by atoms with Crippen LogP contribution in [0.15, 0.2) is 0 Å². The predicted octanol–water partition coefficient (Wildman–Crippen LogP) is -0.920. The monoisotopic (exact) mass is 126 g/mol. The largest absolute Gasteiger partial charge is 0.368 e. The third kappa shape index (κ3) is 0.645. The van der Waals surface area contributed by atoms with Gasteiger partial charge in [0.25, 0.3) is 0 Å². The Balaban J connectivity index is 2.06. The topological polar surface area (TPSA) is 55.1 Å². The summed E-state index contributed by atoms with van der Waals surface area (Å²) >= 11 is 0. The van der Waals surface area contributed by atoms with Crippen LogP contribution in [0.1, 0.15) is 6.42 Å². The highest BCUT2D eigenvalue weighted by Crippen LogP contribution is 2.44. The SMILES string of the molecule is NC(=O)C1NC[C@H]2C[C@@H]12. The first-order valence-electron chi connectivity index (χ1n) is 3.32. The molecule has 3 N–H and O–H groups in total. The van der Waals surface area contributed by atoms with Crippen LogP contribution in [-0.4, -0.2) is 18.5 Å². The van der Waals surface area contributed by atoms with E-state index >= 15 is 0 Å². The molecule has 0 spiro atoms. The molecule has 0 radical (unpaired) electrons. The van der Waals surface area contributed by atoms with Crippen LogP contribution in [0.5, 0.6) is 0 Å². The molecule has 0 aromatic heterocycles. The van der Waals surface area contributed by atoms with Gasteiger partial charge in [0, 0.05) is 0 Å². The summed E-state index contributed by atoms with van der Waals surface area (Å²) in [4.78, 5) is 10.6. The minimum atomic E-state index is -0.181. The Kier molecular flexibility index (Phi) is 0.858. The van der Waals surface area contributed by atoms with Gasteiger partial charge in [-0.25, -0.2) is 0 Å². The van der Waals surface area contributed by atoms with Crippen molar-refractivity contribution in [2.45, 2.75) is 12.5 Å². The van der Waals surface area contributed by atoms with Gasteiger partial charge >= 0.3 is 0 Å². The summed E-state index contributed by atoms with van der Waals surface area (Å²) in [5.41, 5.74) is 5.11. The standard InChI is InChI=1S/C6H10N2O/c7-6(9)5-4-1-3(4)2-8-5/h3-5,8H,1-2H2,(H2,7,9)/t3-,4-,5?/m1/s1. The van der Waals surface area contributed by atoms with E-state index < -0.39 is 0 Å². The molecule has 1 saturated carbocycles. The molecule has 2 rings (SSSR count). The summed E-state index contributed by atoms with van der Waals surface area (Å²) in [7, 11) is 0. The Morgan fingerprint density at radius 1 is 1.67 bits per heavy atom. The molecule has 2 aliphatic rings. The van der Waals surface area contributed by atoms with E-state index in [9.17, 15) is 4.79 Å². The molecule has 1 saturated heterocycles.